The molecule has 1 fully saturated rings. The lowest BCUT2D eigenvalue weighted by atomic mass is 10.1. The van der Waals surface area contributed by atoms with E-state index in [4.69, 9.17) is 9.47 Å². The molecular formula is C32H45F2N5O4. The summed E-state index contributed by atoms with van der Waals surface area (Å²) in [5.74, 6) is -2.02. The number of carbonyl (C=O) groups is 2. The molecule has 236 valence electrons. The monoisotopic (exact) mass is 601 g/mol. The van der Waals surface area contributed by atoms with Gasteiger partial charge >= 0.3 is 12.2 Å². The van der Waals surface area contributed by atoms with Gasteiger partial charge in [0.05, 0.1) is 13.1 Å². The maximum atomic E-state index is 13.0. The molecule has 2 amide bonds. The van der Waals surface area contributed by atoms with E-state index in [-0.39, 0.29) is 25.3 Å². The van der Waals surface area contributed by atoms with Gasteiger partial charge in [0.25, 0.3) is 5.92 Å². The summed E-state index contributed by atoms with van der Waals surface area (Å²) in [6.45, 7) is 15.1. The van der Waals surface area contributed by atoms with Crippen LogP contribution in [0, 0.1) is 6.92 Å². The molecule has 0 radical (unpaired) electrons. The van der Waals surface area contributed by atoms with Crippen molar-refractivity contribution in [2.75, 3.05) is 44.2 Å². The highest BCUT2D eigenvalue weighted by Crippen LogP contribution is 2.31. The van der Waals surface area contributed by atoms with Crippen molar-refractivity contribution in [1.29, 1.82) is 0 Å². The average molecular weight is 602 g/mol. The smallest absolute Gasteiger partial charge is 0.410 e. The first-order chi connectivity index (χ1) is 20.0. The maximum Gasteiger partial charge on any atom is 0.410 e. The number of amides is 2. The van der Waals surface area contributed by atoms with Crippen molar-refractivity contribution in [3.63, 3.8) is 0 Å². The predicted molar refractivity (Wildman–Crippen MR) is 161 cm³/mol. The Bertz CT molecular complexity index is 1310. The number of hydrogen-bond donors (Lipinski definition) is 0. The van der Waals surface area contributed by atoms with E-state index < -0.39 is 17.1 Å². The summed E-state index contributed by atoms with van der Waals surface area (Å²) in [5, 5.41) is 0. The quantitative estimate of drug-likeness (QED) is 0.421. The number of ether oxygens (including phenoxy) is 2. The topological polar surface area (TPSA) is 88.1 Å². The normalized spacial score (nSPS) is 18.1. The Balaban J connectivity index is 0.000000203. The van der Waals surface area contributed by atoms with Crippen molar-refractivity contribution < 1.29 is 27.8 Å². The number of rotatable bonds is 1. The van der Waals surface area contributed by atoms with Crippen LogP contribution in [0.5, 0.6) is 0 Å². The molecule has 11 heteroatoms. The average Bonchev–Trinajstić information content (AvgIpc) is 3.21. The van der Waals surface area contributed by atoms with Crippen LogP contribution in [0.15, 0.2) is 24.3 Å². The van der Waals surface area contributed by atoms with E-state index in [1.165, 1.54) is 5.56 Å². The van der Waals surface area contributed by atoms with E-state index in [0.717, 1.165) is 35.5 Å². The van der Waals surface area contributed by atoms with Gasteiger partial charge in [-0.05, 0) is 84.6 Å². The maximum absolute atomic E-state index is 13.0. The van der Waals surface area contributed by atoms with Crippen molar-refractivity contribution in [2.24, 2.45) is 0 Å². The second kappa shape index (κ2) is 12.6. The molecule has 5 rings (SSSR count). The van der Waals surface area contributed by atoms with Gasteiger partial charge in [0.1, 0.15) is 17.0 Å². The molecule has 3 aliphatic heterocycles. The standard InChI is InChI=1S/C17H23F2N3O2.C15H22N2O2/c1-16(2,3)24-15(23)21-8-6-12-4-5-14(20-13(12)7-9-21)22-10-17(18,19)11-22;1-11-5-6-12-7-9-17(10-8-13(12)16-11)14(18)19-15(2,3)4/h4-5H,6-11H2,1-3H3;5-6H,7-10H2,1-4H3. The van der Waals surface area contributed by atoms with Gasteiger partial charge in [0.2, 0.25) is 0 Å². The minimum Gasteiger partial charge on any atom is -0.444 e. The molecule has 0 saturated carbocycles. The summed E-state index contributed by atoms with van der Waals surface area (Å²) in [6.07, 6.45) is 2.40. The number of aromatic nitrogens is 2. The Morgan fingerprint density at radius 2 is 1.16 bits per heavy atom. The number of anilines is 1. The van der Waals surface area contributed by atoms with E-state index in [1.54, 1.807) is 20.8 Å². The largest absolute Gasteiger partial charge is 0.444 e. The van der Waals surface area contributed by atoms with Crippen LogP contribution in [0.2, 0.25) is 0 Å². The molecule has 0 aromatic carbocycles. The Morgan fingerprint density at radius 1 is 0.721 bits per heavy atom. The molecule has 3 aliphatic rings. The third-order valence-corrected chi connectivity index (χ3v) is 7.27. The molecule has 0 unspecified atom stereocenters. The van der Waals surface area contributed by atoms with Gasteiger partial charge < -0.3 is 24.2 Å². The molecule has 0 bridgehead atoms. The zero-order chi connectivity index (χ0) is 31.6. The molecule has 9 nitrogen and oxygen atoms in total. The minimum atomic E-state index is -2.61. The van der Waals surface area contributed by atoms with Crippen molar-refractivity contribution in [2.45, 2.75) is 91.3 Å². The summed E-state index contributed by atoms with van der Waals surface area (Å²) in [4.78, 5) is 38.4. The van der Waals surface area contributed by atoms with Crippen LogP contribution in [0.3, 0.4) is 0 Å². The first-order valence-corrected chi connectivity index (χ1v) is 15.0. The fraction of sp³-hybridized carbons (Fsp3) is 0.625. The second-order valence-corrected chi connectivity index (χ2v) is 13.5. The fourth-order valence-corrected chi connectivity index (χ4v) is 5.13. The van der Waals surface area contributed by atoms with Crippen molar-refractivity contribution in [3.8, 4) is 0 Å². The number of pyridine rings is 2. The Labute approximate surface area is 253 Å². The van der Waals surface area contributed by atoms with Crippen LogP contribution >= 0.6 is 0 Å². The summed E-state index contributed by atoms with van der Waals surface area (Å²) in [5.41, 5.74) is 4.38. The number of fused-ring (bicyclic) bond motifs is 2. The SMILES string of the molecule is CC(C)(C)OC(=O)N1CCc2ccc(N3CC(F)(F)C3)nc2CC1.Cc1ccc2c(n1)CCN(C(=O)OC(C)(C)C)CC2. The zero-order valence-electron chi connectivity index (χ0n) is 26.5. The molecule has 43 heavy (non-hydrogen) atoms. The molecule has 0 N–H and O–H groups in total. The van der Waals surface area contributed by atoms with Gasteiger partial charge in [-0.15, -0.1) is 0 Å². The molecule has 5 heterocycles. The summed E-state index contributed by atoms with van der Waals surface area (Å²) < 4.78 is 36.9. The van der Waals surface area contributed by atoms with E-state index in [1.807, 2.05) is 60.6 Å². The van der Waals surface area contributed by atoms with Gasteiger partial charge in [0, 0.05) is 56.1 Å². The van der Waals surface area contributed by atoms with Gasteiger partial charge in [-0.25, -0.2) is 23.4 Å². The second-order valence-electron chi connectivity index (χ2n) is 13.5. The number of carbonyl (C=O) groups excluding carboxylic acids is 2. The zero-order valence-corrected chi connectivity index (χ0v) is 26.5. The summed E-state index contributed by atoms with van der Waals surface area (Å²) in [7, 11) is 0. The molecule has 1 saturated heterocycles. The molecular weight excluding hydrogens is 556 g/mol. The van der Waals surface area contributed by atoms with E-state index in [9.17, 15) is 18.4 Å². The number of aryl methyl sites for hydroxylation is 1. The highest BCUT2D eigenvalue weighted by Gasteiger charge is 2.44. The Hall–Kier alpha value is -3.50. The molecule has 0 spiro atoms. The van der Waals surface area contributed by atoms with Crippen molar-refractivity contribution in [1.82, 2.24) is 19.8 Å². The third kappa shape index (κ3) is 9.24. The lowest BCUT2D eigenvalue weighted by molar-refractivity contribution is -0.0267. The van der Waals surface area contributed by atoms with Crippen LogP contribution in [0.1, 0.15) is 69.8 Å². The fourth-order valence-electron chi connectivity index (χ4n) is 5.13. The molecule has 2 aromatic heterocycles. The minimum absolute atomic E-state index is 0.225. The van der Waals surface area contributed by atoms with E-state index >= 15 is 0 Å². The number of hydrogen-bond acceptors (Lipinski definition) is 7. The number of nitrogens with zero attached hydrogens (tertiary/aromatic N) is 5. The van der Waals surface area contributed by atoms with Crippen LogP contribution in [-0.4, -0.2) is 88.3 Å². The lowest BCUT2D eigenvalue weighted by Gasteiger charge is -2.39. The predicted octanol–water partition coefficient (Wildman–Crippen LogP) is 5.60. The number of alkyl halides is 2. The van der Waals surface area contributed by atoms with E-state index in [0.29, 0.717) is 44.8 Å². The molecule has 2 aromatic rings. The van der Waals surface area contributed by atoms with Gasteiger partial charge in [-0.2, -0.15) is 0 Å². The highest BCUT2D eigenvalue weighted by atomic mass is 19.3. The third-order valence-electron chi connectivity index (χ3n) is 7.27. The lowest BCUT2D eigenvalue weighted by Crippen LogP contribution is -2.56. The highest BCUT2D eigenvalue weighted by molar-refractivity contribution is 5.68. The Kier molecular flexibility index (Phi) is 9.51. The Morgan fingerprint density at radius 3 is 1.63 bits per heavy atom. The number of halogens is 2. The van der Waals surface area contributed by atoms with Crippen molar-refractivity contribution >= 4 is 18.0 Å². The first kappa shape index (κ1) is 32.4. The molecule has 0 aliphatic carbocycles. The van der Waals surface area contributed by atoms with Crippen LogP contribution in [0.25, 0.3) is 0 Å². The van der Waals surface area contributed by atoms with Gasteiger partial charge in [-0.3, -0.25) is 4.98 Å². The molecule has 0 atom stereocenters. The van der Waals surface area contributed by atoms with Crippen molar-refractivity contribution in [3.05, 3.63) is 52.5 Å². The first-order valence-electron chi connectivity index (χ1n) is 15.0. The summed E-state index contributed by atoms with van der Waals surface area (Å²) >= 11 is 0. The van der Waals surface area contributed by atoms with Crippen LogP contribution in [-0.2, 0) is 35.2 Å². The van der Waals surface area contributed by atoms with Gasteiger partial charge in [0.15, 0.2) is 0 Å². The van der Waals surface area contributed by atoms with Crippen LogP contribution in [0.4, 0.5) is 24.2 Å². The van der Waals surface area contributed by atoms with Crippen LogP contribution < -0.4 is 4.90 Å². The summed E-state index contributed by atoms with van der Waals surface area (Å²) in [6, 6.07) is 7.88. The van der Waals surface area contributed by atoms with Gasteiger partial charge in [-0.1, -0.05) is 12.1 Å². The van der Waals surface area contributed by atoms with E-state index in [2.05, 4.69) is 16.0 Å².